The second-order valence-corrected chi connectivity index (χ2v) is 4.28. The third kappa shape index (κ3) is 4.35. The van der Waals surface area contributed by atoms with E-state index in [1.165, 1.54) is 12.3 Å². The summed E-state index contributed by atoms with van der Waals surface area (Å²) in [6.45, 7) is -0.204. The van der Waals surface area contributed by atoms with E-state index in [4.69, 9.17) is 10.00 Å². The van der Waals surface area contributed by atoms with Crippen molar-refractivity contribution in [3.8, 4) is 17.6 Å². The molecule has 0 aliphatic rings. The van der Waals surface area contributed by atoms with Crippen molar-refractivity contribution in [2.45, 2.75) is 0 Å². The van der Waals surface area contributed by atoms with Gasteiger partial charge in [0.25, 0.3) is 5.91 Å². The first-order valence-electron chi connectivity index (χ1n) is 6.42. The first-order chi connectivity index (χ1) is 10.7. The molecule has 2 rings (SSSR count). The van der Waals surface area contributed by atoms with Crippen LogP contribution in [-0.4, -0.2) is 23.8 Å². The number of phenolic OH excluding ortho intramolecular Hbond substituents is 1. The number of nitrogens with zero attached hydrogens (tertiary/aromatic N) is 2. The molecule has 0 aliphatic carbocycles. The highest BCUT2D eigenvalue weighted by atomic mass is 16.5. The number of phenols is 1. The van der Waals surface area contributed by atoms with E-state index < -0.39 is 5.91 Å². The Morgan fingerprint density at radius 1 is 1.27 bits per heavy atom. The van der Waals surface area contributed by atoms with Crippen LogP contribution in [0.5, 0.6) is 11.5 Å². The molecule has 0 bridgehead atoms. The van der Waals surface area contributed by atoms with Gasteiger partial charge in [-0.3, -0.25) is 4.79 Å². The number of carbonyl (C=O) groups is 1. The highest BCUT2D eigenvalue weighted by Gasteiger charge is 2.02. The number of carbonyl (C=O) groups excluding carboxylic acids is 1. The number of ether oxygens (including phenoxy) is 1. The van der Waals surface area contributed by atoms with Crippen molar-refractivity contribution in [3.05, 3.63) is 59.7 Å². The molecule has 22 heavy (non-hydrogen) atoms. The number of rotatable bonds is 5. The fraction of sp³-hybridized carbons (Fsp3) is 0.0625. The van der Waals surface area contributed by atoms with Gasteiger partial charge >= 0.3 is 0 Å². The number of para-hydroxylation sites is 1. The molecule has 0 aromatic heterocycles. The summed E-state index contributed by atoms with van der Waals surface area (Å²) in [5, 5.41) is 21.9. The molecular formula is C16H13N3O3. The van der Waals surface area contributed by atoms with Crippen molar-refractivity contribution in [1.82, 2.24) is 5.43 Å². The van der Waals surface area contributed by atoms with Gasteiger partial charge in [-0.25, -0.2) is 5.43 Å². The van der Waals surface area contributed by atoms with Crippen molar-refractivity contribution >= 4 is 12.1 Å². The summed E-state index contributed by atoms with van der Waals surface area (Å²) in [5.74, 6) is 0.129. The second kappa shape index (κ2) is 7.45. The molecule has 6 nitrogen and oxygen atoms in total. The molecule has 2 aromatic carbocycles. The van der Waals surface area contributed by atoms with E-state index in [0.29, 0.717) is 16.9 Å². The summed E-state index contributed by atoms with van der Waals surface area (Å²) in [6.07, 6.45) is 1.34. The van der Waals surface area contributed by atoms with Crippen LogP contribution in [0, 0.1) is 11.3 Å². The van der Waals surface area contributed by atoms with Crippen LogP contribution in [0.3, 0.4) is 0 Å². The number of hydrogen-bond donors (Lipinski definition) is 2. The Labute approximate surface area is 127 Å². The molecule has 0 fully saturated rings. The minimum atomic E-state index is -0.434. The predicted molar refractivity (Wildman–Crippen MR) is 80.5 cm³/mol. The molecule has 0 saturated carbocycles. The summed E-state index contributed by atoms with van der Waals surface area (Å²) in [5.41, 5.74) is 3.31. The minimum absolute atomic E-state index is 0.0781. The van der Waals surface area contributed by atoms with Gasteiger partial charge in [-0.2, -0.15) is 10.4 Å². The highest BCUT2D eigenvalue weighted by Crippen LogP contribution is 2.12. The van der Waals surface area contributed by atoms with Gasteiger partial charge in [-0.1, -0.05) is 12.1 Å². The lowest BCUT2D eigenvalue weighted by Gasteiger charge is -2.04. The van der Waals surface area contributed by atoms with Crippen LogP contribution in [0.1, 0.15) is 11.1 Å². The van der Waals surface area contributed by atoms with Gasteiger partial charge in [0.05, 0.1) is 17.8 Å². The van der Waals surface area contributed by atoms with Crippen molar-refractivity contribution in [2.24, 2.45) is 5.10 Å². The summed E-state index contributed by atoms with van der Waals surface area (Å²) in [7, 11) is 0. The lowest BCUT2D eigenvalue weighted by Crippen LogP contribution is -2.24. The van der Waals surface area contributed by atoms with Crippen molar-refractivity contribution in [3.63, 3.8) is 0 Å². The SMILES string of the molecule is N#Cc1ccc(OCC(=O)N/N=C/c2ccccc2O)cc1. The van der Waals surface area contributed by atoms with E-state index in [9.17, 15) is 9.90 Å². The van der Waals surface area contributed by atoms with Gasteiger partial charge in [-0.05, 0) is 36.4 Å². The highest BCUT2D eigenvalue weighted by molar-refractivity contribution is 5.85. The summed E-state index contributed by atoms with van der Waals surface area (Å²) < 4.78 is 5.25. The van der Waals surface area contributed by atoms with E-state index in [1.54, 1.807) is 42.5 Å². The fourth-order valence-corrected chi connectivity index (χ4v) is 1.58. The number of nitrogens with one attached hydrogen (secondary N) is 1. The van der Waals surface area contributed by atoms with Crippen LogP contribution < -0.4 is 10.2 Å². The van der Waals surface area contributed by atoms with E-state index >= 15 is 0 Å². The fourth-order valence-electron chi connectivity index (χ4n) is 1.58. The maximum atomic E-state index is 11.5. The van der Waals surface area contributed by atoms with Crippen LogP contribution in [0.25, 0.3) is 0 Å². The second-order valence-electron chi connectivity index (χ2n) is 4.28. The molecule has 0 spiro atoms. The van der Waals surface area contributed by atoms with Crippen LogP contribution >= 0.6 is 0 Å². The van der Waals surface area contributed by atoms with Gasteiger partial charge in [0.1, 0.15) is 11.5 Å². The molecular weight excluding hydrogens is 282 g/mol. The number of amides is 1. The lowest BCUT2D eigenvalue weighted by atomic mass is 10.2. The van der Waals surface area contributed by atoms with Crippen molar-refractivity contribution < 1.29 is 14.6 Å². The Morgan fingerprint density at radius 2 is 2.00 bits per heavy atom. The molecule has 0 unspecified atom stereocenters. The summed E-state index contributed by atoms with van der Waals surface area (Å²) >= 11 is 0. The predicted octanol–water partition coefficient (Wildman–Crippen LogP) is 1.79. The number of hydrazone groups is 1. The molecule has 2 aromatic rings. The zero-order chi connectivity index (χ0) is 15.8. The van der Waals surface area contributed by atoms with E-state index in [0.717, 1.165) is 0 Å². The first kappa shape index (κ1) is 15.1. The summed E-state index contributed by atoms with van der Waals surface area (Å²) in [6, 6.07) is 15.0. The zero-order valence-electron chi connectivity index (χ0n) is 11.6. The third-order valence-corrected chi connectivity index (χ3v) is 2.68. The van der Waals surface area contributed by atoms with E-state index in [2.05, 4.69) is 10.5 Å². The van der Waals surface area contributed by atoms with Gasteiger partial charge in [0.15, 0.2) is 6.61 Å². The Hall–Kier alpha value is -3.33. The molecule has 0 radical (unpaired) electrons. The van der Waals surface area contributed by atoms with Crippen LogP contribution in [0.4, 0.5) is 0 Å². The first-order valence-corrected chi connectivity index (χ1v) is 6.42. The zero-order valence-corrected chi connectivity index (χ0v) is 11.6. The van der Waals surface area contributed by atoms with Crippen LogP contribution in [-0.2, 0) is 4.79 Å². The quantitative estimate of drug-likeness (QED) is 0.649. The van der Waals surface area contributed by atoms with Crippen molar-refractivity contribution in [2.75, 3.05) is 6.61 Å². The number of nitriles is 1. The van der Waals surface area contributed by atoms with Crippen molar-refractivity contribution in [1.29, 1.82) is 5.26 Å². The van der Waals surface area contributed by atoms with E-state index in [1.807, 2.05) is 6.07 Å². The maximum absolute atomic E-state index is 11.5. The molecule has 2 N–H and O–H groups in total. The summed E-state index contributed by atoms with van der Waals surface area (Å²) in [4.78, 5) is 11.5. The maximum Gasteiger partial charge on any atom is 0.277 e. The Balaban J connectivity index is 1.80. The topological polar surface area (TPSA) is 94.7 Å². The Morgan fingerprint density at radius 3 is 2.68 bits per heavy atom. The average molecular weight is 295 g/mol. The normalized spacial score (nSPS) is 10.1. The molecule has 6 heteroatoms. The molecule has 0 atom stereocenters. The van der Waals surface area contributed by atoms with Crippen LogP contribution in [0.15, 0.2) is 53.6 Å². The molecule has 1 amide bonds. The number of benzene rings is 2. The number of aromatic hydroxyl groups is 1. The average Bonchev–Trinajstić information content (AvgIpc) is 2.55. The van der Waals surface area contributed by atoms with Crippen LogP contribution in [0.2, 0.25) is 0 Å². The Kier molecular flexibility index (Phi) is 5.10. The molecule has 0 saturated heterocycles. The standard InChI is InChI=1S/C16H13N3O3/c17-9-12-5-7-14(8-6-12)22-11-16(21)19-18-10-13-3-1-2-4-15(13)20/h1-8,10,20H,11H2,(H,19,21)/b18-10+. The number of hydrogen-bond acceptors (Lipinski definition) is 5. The largest absolute Gasteiger partial charge is 0.507 e. The molecule has 0 aliphatic heterocycles. The minimum Gasteiger partial charge on any atom is -0.507 e. The third-order valence-electron chi connectivity index (χ3n) is 2.68. The van der Waals surface area contributed by atoms with Gasteiger partial charge in [-0.15, -0.1) is 0 Å². The molecule has 110 valence electrons. The lowest BCUT2D eigenvalue weighted by molar-refractivity contribution is -0.123. The van der Waals surface area contributed by atoms with Gasteiger partial charge in [0, 0.05) is 5.56 Å². The Bertz CT molecular complexity index is 718. The van der Waals surface area contributed by atoms with Gasteiger partial charge in [0.2, 0.25) is 0 Å². The van der Waals surface area contributed by atoms with E-state index in [-0.39, 0.29) is 12.4 Å². The van der Waals surface area contributed by atoms with Gasteiger partial charge < -0.3 is 9.84 Å². The smallest absolute Gasteiger partial charge is 0.277 e. The molecule has 0 heterocycles. The monoisotopic (exact) mass is 295 g/mol.